The summed E-state index contributed by atoms with van der Waals surface area (Å²) in [6.07, 6.45) is 0. The zero-order chi connectivity index (χ0) is 22.7. The van der Waals surface area contributed by atoms with E-state index in [9.17, 15) is 9.59 Å². The third-order valence-corrected chi connectivity index (χ3v) is 6.14. The van der Waals surface area contributed by atoms with Gasteiger partial charge in [-0.25, -0.2) is 0 Å². The highest BCUT2D eigenvalue weighted by Gasteiger charge is 2.19. The molecule has 0 aliphatic heterocycles. The maximum Gasteiger partial charge on any atom is 0.256 e. The van der Waals surface area contributed by atoms with Crippen molar-refractivity contribution in [3.8, 4) is 28.4 Å². The molecule has 32 heavy (non-hydrogen) atoms. The molecule has 1 N–H and O–H groups in total. The van der Waals surface area contributed by atoms with Gasteiger partial charge in [0.05, 0.1) is 26.9 Å². The first-order chi connectivity index (χ1) is 15.5. The number of amides is 1. The minimum absolute atomic E-state index is 0.170. The number of rotatable bonds is 6. The Balaban J connectivity index is 1.86. The number of carbonyl (C=O) groups is 1. The maximum atomic E-state index is 13.5. The quantitative estimate of drug-likeness (QED) is 0.439. The fraction of sp³-hybridized carbons (Fsp3) is 0.120. The van der Waals surface area contributed by atoms with E-state index in [-0.39, 0.29) is 11.3 Å². The molecule has 0 saturated heterocycles. The highest BCUT2D eigenvalue weighted by molar-refractivity contribution is 7.22. The molecule has 0 aliphatic carbocycles. The van der Waals surface area contributed by atoms with Crippen molar-refractivity contribution in [3.63, 3.8) is 0 Å². The van der Waals surface area contributed by atoms with Crippen LogP contribution in [0.3, 0.4) is 0 Å². The second-order valence-electron chi connectivity index (χ2n) is 6.88. The van der Waals surface area contributed by atoms with Crippen molar-refractivity contribution in [1.29, 1.82) is 0 Å². The van der Waals surface area contributed by atoms with Gasteiger partial charge in [0.15, 0.2) is 16.9 Å². The maximum absolute atomic E-state index is 13.5. The molecule has 0 radical (unpaired) electrons. The summed E-state index contributed by atoms with van der Waals surface area (Å²) in [6, 6.07) is 19.4. The van der Waals surface area contributed by atoms with Crippen molar-refractivity contribution in [3.05, 3.63) is 82.5 Å². The largest absolute Gasteiger partial charge is 0.497 e. The number of benzene rings is 3. The first kappa shape index (κ1) is 21.4. The van der Waals surface area contributed by atoms with E-state index in [1.165, 1.54) is 18.4 Å². The molecular weight excluding hydrogens is 426 g/mol. The second-order valence-corrected chi connectivity index (χ2v) is 7.94. The van der Waals surface area contributed by atoms with Crippen LogP contribution < -0.4 is 25.0 Å². The van der Waals surface area contributed by atoms with Gasteiger partial charge in [0.25, 0.3) is 5.91 Å². The molecular formula is C25H21NO5S. The number of hydrogen-bond donors (Lipinski definition) is 1. The summed E-state index contributed by atoms with van der Waals surface area (Å²) in [6.45, 7) is 0. The lowest BCUT2D eigenvalue weighted by atomic mass is 10.0. The molecule has 162 valence electrons. The highest BCUT2D eigenvalue weighted by Crippen LogP contribution is 2.37. The predicted molar refractivity (Wildman–Crippen MR) is 128 cm³/mol. The van der Waals surface area contributed by atoms with Crippen LogP contribution in [0.4, 0.5) is 5.00 Å². The lowest BCUT2D eigenvalue weighted by Gasteiger charge is -2.14. The molecule has 0 unspecified atom stereocenters. The van der Waals surface area contributed by atoms with Crippen LogP contribution >= 0.6 is 11.3 Å². The Hall–Kier alpha value is -3.84. The first-order valence-electron chi connectivity index (χ1n) is 9.79. The number of carbonyl (C=O) groups excluding carboxylic acids is 1. The average molecular weight is 448 g/mol. The number of methoxy groups -OCH3 is 3. The van der Waals surface area contributed by atoms with Gasteiger partial charge in [-0.1, -0.05) is 18.2 Å². The Morgan fingerprint density at radius 1 is 0.844 bits per heavy atom. The Labute approximate surface area is 189 Å². The Morgan fingerprint density at radius 2 is 1.56 bits per heavy atom. The Morgan fingerprint density at radius 3 is 2.25 bits per heavy atom. The van der Waals surface area contributed by atoms with E-state index in [0.29, 0.717) is 44.3 Å². The number of fused-ring (bicyclic) bond motifs is 1. The summed E-state index contributed by atoms with van der Waals surface area (Å²) < 4.78 is 16.7. The third-order valence-electron chi connectivity index (χ3n) is 5.05. The normalized spacial score (nSPS) is 10.6. The van der Waals surface area contributed by atoms with E-state index in [2.05, 4.69) is 5.32 Å². The fourth-order valence-corrected chi connectivity index (χ4v) is 4.50. The van der Waals surface area contributed by atoms with E-state index < -0.39 is 0 Å². The van der Waals surface area contributed by atoms with E-state index in [1.54, 1.807) is 62.8 Å². The molecule has 0 saturated carbocycles. The van der Waals surface area contributed by atoms with E-state index >= 15 is 0 Å². The monoisotopic (exact) mass is 447 g/mol. The highest BCUT2D eigenvalue weighted by atomic mass is 32.1. The van der Waals surface area contributed by atoms with Crippen molar-refractivity contribution in [2.45, 2.75) is 0 Å². The molecule has 1 amide bonds. The topological polar surface area (TPSA) is 73.9 Å². The van der Waals surface area contributed by atoms with E-state index in [1.807, 2.05) is 18.2 Å². The summed E-state index contributed by atoms with van der Waals surface area (Å²) >= 11 is 1.35. The van der Waals surface area contributed by atoms with Crippen molar-refractivity contribution in [2.24, 2.45) is 0 Å². The number of ether oxygens (including phenoxy) is 3. The minimum atomic E-state index is -0.319. The molecule has 0 fully saturated rings. The van der Waals surface area contributed by atoms with Crippen LogP contribution in [0.2, 0.25) is 0 Å². The summed E-state index contributed by atoms with van der Waals surface area (Å²) in [4.78, 5) is 26.4. The predicted octanol–water partition coefficient (Wildman–Crippen LogP) is 5.21. The van der Waals surface area contributed by atoms with Gasteiger partial charge in [-0.2, -0.15) is 0 Å². The van der Waals surface area contributed by atoms with Gasteiger partial charge < -0.3 is 19.5 Å². The van der Waals surface area contributed by atoms with Gasteiger partial charge in [-0.3, -0.25) is 9.59 Å². The molecule has 0 bridgehead atoms. The fourth-order valence-electron chi connectivity index (χ4n) is 3.40. The van der Waals surface area contributed by atoms with Gasteiger partial charge in [0.1, 0.15) is 10.8 Å². The summed E-state index contributed by atoms with van der Waals surface area (Å²) in [5.41, 5.74) is 1.31. The standard InChI is InChI=1S/C25H21NO5S/c1-29-17-11-8-15(9-12-17)24(28)26-25-22(16-10-13-19(30-2)20(14-16)31-3)23(27)18-6-4-5-7-21(18)32-25/h4-14H,1-3H3,(H,26,28). The number of anilines is 1. The molecule has 3 aromatic carbocycles. The zero-order valence-corrected chi connectivity index (χ0v) is 18.6. The average Bonchev–Trinajstić information content (AvgIpc) is 2.84. The number of hydrogen-bond acceptors (Lipinski definition) is 6. The molecule has 1 aromatic heterocycles. The molecule has 0 aliphatic rings. The van der Waals surface area contributed by atoms with Crippen LogP contribution in [0.1, 0.15) is 10.4 Å². The summed E-state index contributed by atoms with van der Waals surface area (Å²) in [5, 5.41) is 3.98. The van der Waals surface area contributed by atoms with E-state index in [4.69, 9.17) is 14.2 Å². The Bertz CT molecular complexity index is 1350. The number of nitrogens with one attached hydrogen (secondary N) is 1. The molecule has 0 atom stereocenters. The van der Waals surface area contributed by atoms with E-state index in [0.717, 1.165) is 4.70 Å². The van der Waals surface area contributed by atoms with Gasteiger partial charge >= 0.3 is 0 Å². The van der Waals surface area contributed by atoms with Crippen molar-refractivity contribution >= 4 is 32.3 Å². The van der Waals surface area contributed by atoms with Gasteiger partial charge in [-0.05, 0) is 54.1 Å². The third kappa shape index (κ3) is 4.02. The second kappa shape index (κ2) is 9.11. The zero-order valence-electron chi connectivity index (χ0n) is 17.8. The van der Waals surface area contributed by atoms with Crippen molar-refractivity contribution < 1.29 is 19.0 Å². The Kier molecular flexibility index (Phi) is 6.09. The summed E-state index contributed by atoms with van der Waals surface area (Å²) in [5.74, 6) is 1.38. The summed E-state index contributed by atoms with van der Waals surface area (Å²) in [7, 11) is 4.65. The van der Waals surface area contributed by atoms with Crippen LogP contribution in [0.25, 0.3) is 21.2 Å². The SMILES string of the molecule is COc1ccc(C(=O)Nc2sc3ccccc3c(=O)c2-c2ccc(OC)c(OC)c2)cc1. The molecule has 4 rings (SSSR count). The smallest absolute Gasteiger partial charge is 0.256 e. The van der Waals surface area contributed by atoms with Crippen LogP contribution in [0.5, 0.6) is 17.2 Å². The van der Waals surface area contributed by atoms with Gasteiger partial charge in [0, 0.05) is 15.6 Å². The molecule has 1 heterocycles. The van der Waals surface area contributed by atoms with Crippen molar-refractivity contribution in [2.75, 3.05) is 26.6 Å². The molecule has 6 nitrogen and oxygen atoms in total. The van der Waals surface area contributed by atoms with Crippen LogP contribution in [0, 0.1) is 0 Å². The van der Waals surface area contributed by atoms with Gasteiger partial charge in [0.2, 0.25) is 0 Å². The molecule has 7 heteroatoms. The first-order valence-corrected chi connectivity index (χ1v) is 10.6. The minimum Gasteiger partial charge on any atom is -0.497 e. The van der Waals surface area contributed by atoms with Crippen molar-refractivity contribution in [1.82, 2.24) is 0 Å². The lowest BCUT2D eigenvalue weighted by Crippen LogP contribution is -2.15. The van der Waals surface area contributed by atoms with Crippen LogP contribution in [0.15, 0.2) is 71.5 Å². The van der Waals surface area contributed by atoms with Crippen LogP contribution in [-0.4, -0.2) is 27.2 Å². The molecule has 4 aromatic rings. The van der Waals surface area contributed by atoms with Crippen LogP contribution in [-0.2, 0) is 0 Å². The van der Waals surface area contributed by atoms with Gasteiger partial charge in [-0.15, -0.1) is 11.3 Å². The lowest BCUT2D eigenvalue weighted by molar-refractivity contribution is 0.102. The molecule has 0 spiro atoms.